The molecule has 4 amide bonds. The largest absolute Gasteiger partial charge is 0.343 e. The standard InChI is InChI=1S/C17H25N5O4/c1-10(2)14-18-15(26-19-14)11-5-7-22(8-6-11)13(23)9-12-16(24)21(4)17(25)20(12)3/h10-12H,5-9H2,1-4H3. The predicted molar refractivity (Wildman–Crippen MR) is 91.3 cm³/mol. The molecule has 1 atom stereocenters. The van der Waals surface area contributed by atoms with E-state index in [1.807, 2.05) is 13.8 Å². The van der Waals surface area contributed by atoms with E-state index in [0.717, 1.165) is 17.7 Å². The van der Waals surface area contributed by atoms with Gasteiger partial charge in [-0.25, -0.2) is 4.79 Å². The van der Waals surface area contributed by atoms with Crippen molar-refractivity contribution in [2.75, 3.05) is 27.2 Å². The summed E-state index contributed by atoms with van der Waals surface area (Å²) in [6, 6.07) is -1.08. The molecule has 0 spiro atoms. The van der Waals surface area contributed by atoms with Gasteiger partial charge in [-0.05, 0) is 12.8 Å². The molecule has 9 nitrogen and oxygen atoms in total. The van der Waals surface area contributed by atoms with Crippen molar-refractivity contribution < 1.29 is 18.9 Å². The molecule has 0 radical (unpaired) electrons. The second-order valence-electron chi connectivity index (χ2n) is 7.31. The van der Waals surface area contributed by atoms with Crippen molar-refractivity contribution in [2.24, 2.45) is 0 Å². The molecule has 1 unspecified atom stereocenters. The zero-order valence-corrected chi connectivity index (χ0v) is 15.6. The Kier molecular flexibility index (Phi) is 4.97. The first kappa shape index (κ1) is 18.3. The topological polar surface area (TPSA) is 99.8 Å². The van der Waals surface area contributed by atoms with Crippen LogP contribution in [0.5, 0.6) is 0 Å². The highest BCUT2D eigenvalue weighted by molar-refractivity contribution is 6.05. The number of urea groups is 1. The van der Waals surface area contributed by atoms with Crippen molar-refractivity contribution >= 4 is 17.8 Å². The van der Waals surface area contributed by atoms with E-state index in [-0.39, 0.29) is 36.1 Å². The highest BCUT2D eigenvalue weighted by atomic mass is 16.5. The van der Waals surface area contributed by atoms with E-state index in [1.165, 1.54) is 11.9 Å². The van der Waals surface area contributed by atoms with E-state index in [2.05, 4.69) is 10.1 Å². The number of rotatable bonds is 4. The lowest BCUT2D eigenvalue weighted by Crippen LogP contribution is -2.42. The van der Waals surface area contributed by atoms with Crippen LogP contribution in [0.25, 0.3) is 0 Å². The third-order valence-electron chi connectivity index (χ3n) is 5.21. The number of likely N-dealkylation sites (N-methyl/N-ethyl adjacent to an activating group) is 2. The van der Waals surface area contributed by atoms with Crippen LogP contribution in [-0.2, 0) is 9.59 Å². The molecule has 9 heteroatoms. The Bertz CT molecular complexity index is 708. The minimum Gasteiger partial charge on any atom is -0.343 e. The molecule has 2 aliphatic rings. The molecule has 3 rings (SSSR count). The quantitative estimate of drug-likeness (QED) is 0.745. The number of amides is 4. The summed E-state index contributed by atoms with van der Waals surface area (Å²) in [5.74, 6) is 1.28. The Morgan fingerprint density at radius 3 is 2.38 bits per heavy atom. The van der Waals surface area contributed by atoms with Gasteiger partial charge >= 0.3 is 6.03 Å². The number of carbonyl (C=O) groups excluding carboxylic acids is 3. The van der Waals surface area contributed by atoms with Gasteiger partial charge in [-0.2, -0.15) is 4.98 Å². The summed E-state index contributed by atoms with van der Waals surface area (Å²) in [6.45, 7) is 5.19. The van der Waals surface area contributed by atoms with Crippen molar-refractivity contribution in [1.82, 2.24) is 24.8 Å². The summed E-state index contributed by atoms with van der Waals surface area (Å²) in [5, 5.41) is 4.00. The van der Waals surface area contributed by atoms with E-state index in [4.69, 9.17) is 4.52 Å². The molecule has 1 aromatic rings. The van der Waals surface area contributed by atoms with Gasteiger partial charge in [-0.3, -0.25) is 14.5 Å². The van der Waals surface area contributed by atoms with Crippen LogP contribution in [0.2, 0.25) is 0 Å². The lowest BCUT2D eigenvalue weighted by atomic mass is 9.96. The van der Waals surface area contributed by atoms with E-state index in [9.17, 15) is 14.4 Å². The summed E-state index contributed by atoms with van der Waals surface area (Å²) >= 11 is 0. The smallest absolute Gasteiger partial charge is 0.326 e. The normalized spacial score (nSPS) is 22.0. The van der Waals surface area contributed by atoms with Gasteiger partial charge in [-0.15, -0.1) is 0 Å². The highest BCUT2D eigenvalue weighted by Gasteiger charge is 2.42. The Hall–Kier alpha value is -2.45. The van der Waals surface area contributed by atoms with E-state index < -0.39 is 6.04 Å². The first-order valence-electron chi connectivity index (χ1n) is 8.95. The fourth-order valence-electron chi connectivity index (χ4n) is 3.40. The summed E-state index contributed by atoms with van der Waals surface area (Å²) in [5.41, 5.74) is 0. The summed E-state index contributed by atoms with van der Waals surface area (Å²) in [4.78, 5) is 45.1. The SMILES string of the molecule is CC(C)c1noc(C2CCN(C(=O)CC3C(=O)N(C)C(=O)N3C)CC2)n1. The third kappa shape index (κ3) is 3.30. The molecule has 2 saturated heterocycles. The van der Waals surface area contributed by atoms with Crippen molar-refractivity contribution in [1.29, 1.82) is 0 Å². The molecule has 0 bridgehead atoms. The highest BCUT2D eigenvalue weighted by Crippen LogP contribution is 2.28. The van der Waals surface area contributed by atoms with Crippen molar-refractivity contribution in [3.63, 3.8) is 0 Å². The summed E-state index contributed by atoms with van der Waals surface area (Å²) < 4.78 is 5.36. The van der Waals surface area contributed by atoms with Crippen molar-refractivity contribution in [3.8, 4) is 0 Å². The molecule has 0 aliphatic carbocycles. The van der Waals surface area contributed by atoms with Crippen LogP contribution < -0.4 is 0 Å². The molecule has 26 heavy (non-hydrogen) atoms. The fraction of sp³-hybridized carbons (Fsp3) is 0.706. The Morgan fingerprint density at radius 1 is 1.23 bits per heavy atom. The number of carbonyl (C=O) groups is 3. The first-order chi connectivity index (χ1) is 12.3. The van der Waals surface area contributed by atoms with Gasteiger partial charge in [0.05, 0.1) is 6.42 Å². The van der Waals surface area contributed by atoms with Crippen LogP contribution in [0.1, 0.15) is 56.7 Å². The van der Waals surface area contributed by atoms with Crippen LogP contribution in [0.4, 0.5) is 4.79 Å². The molecule has 142 valence electrons. The maximum Gasteiger partial charge on any atom is 0.326 e. The average molecular weight is 363 g/mol. The van der Waals surface area contributed by atoms with E-state index in [1.54, 1.807) is 11.9 Å². The molecule has 2 fully saturated rings. The van der Waals surface area contributed by atoms with Gasteiger partial charge < -0.3 is 14.3 Å². The monoisotopic (exact) mass is 363 g/mol. The van der Waals surface area contributed by atoms with Gasteiger partial charge in [0.25, 0.3) is 5.91 Å². The van der Waals surface area contributed by atoms with Crippen LogP contribution in [0.3, 0.4) is 0 Å². The number of piperidine rings is 1. The van der Waals surface area contributed by atoms with Crippen molar-refractivity contribution in [3.05, 3.63) is 11.7 Å². The van der Waals surface area contributed by atoms with Gasteiger partial charge in [0.15, 0.2) is 5.82 Å². The average Bonchev–Trinajstić information content (AvgIpc) is 3.19. The van der Waals surface area contributed by atoms with Gasteiger partial charge in [-0.1, -0.05) is 19.0 Å². The Morgan fingerprint density at radius 2 is 1.88 bits per heavy atom. The molecule has 3 heterocycles. The first-order valence-corrected chi connectivity index (χ1v) is 8.95. The minimum atomic E-state index is -0.706. The molecule has 0 N–H and O–H groups in total. The Labute approximate surface area is 152 Å². The molecular formula is C17H25N5O4. The van der Waals surface area contributed by atoms with Crippen LogP contribution in [0, 0.1) is 0 Å². The van der Waals surface area contributed by atoms with Crippen LogP contribution in [0.15, 0.2) is 4.52 Å². The molecule has 0 saturated carbocycles. The fourth-order valence-corrected chi connectivity index (χ4v) is 3.40. The zero-order chi connectivity index (χ0) is 19.0. The number of imide groups is 1. The third-order valence-corrected chi connectivity index (χ3v) is 5.21. The van der Waals surface area contributed by atoms with E-state index in [0.29, 0.717) is 24.8 Å². The minimum absolute atomic E-state index is 0.0220. The van der Waals surface area contributed by atoms with Crippen LogP contribution in [-0.4, -0.2) is 75.9 Å². The van der Waals surface area contributed by atoms with Gasteiger partial charge in [0.2, 0.25) is 11.8 Å². The number of hydrogen-bond donors (Lipinski definition) is 0. The molecule has 1 aromatic heterocycles. The Balaban J connectivity index is 1.55. The molecule has 2 aliphatic heterocycles. The maximum absolute atomic E-state index is 12.6. The summed E-state index contributed by atoms with van der Waals surface area (Å²) in [6.07, 6.45) is 1.52. The maximum atomic E-state index is 12.6. The van der Waals surface area contributed by atoms with Gasteiger partial charge in [0.1, 0.15) is 6.04 Å². The number of aromatic nitrogens is 2. The number of nitrogens with zero attached hydrogens (tertiary/aromatic N) is 5. The number of likely N-dealkylation sites (tertiary alicyclic amines) is 1. The van der Waals surface area contributed by atoms with E-state index >= 15 is 0 Å². The lowest BCUT2D eigenvalue weighted by Gasteiger charge is -2.31. The summed E-state index contributed by atoms with van der Waals surface area (Å²) in [7, 11) is 2.99. The second kappa shape index (κ2) is 7.05. The number of hydrogen-bond acceptors (Lipinski definition) is 6. The van der Waals surface area contributed by atoms with Crippen molar-refractivity contribution in [2.45, 2.75) is 51.0 Å². The molecule has 0 aromatic carbocycles. The van der Waals surface area contributed by atoms with Gasteiger partial charge in [0, 0.05) is 39.0 Å². The zero-order valence-electron chi connectivity index (χ0n) is 15.6. The predicted octanol–water partition coefficient (Wildman–Crippen LogP) is 1.18. The molecular weight excluding hydrogens is 338 g/mol. The van der Waals surface area contributed by atoms with Crippen LogP contribution >= 0.6 is 0 Å². The lowest BCUT2D eigenvalue weighted by molar-refractivity contribution is -0.137. The second-order valence-corrected chi connectivity index (χ2v) is 7.31.